The largest absolute Gasteiger partial charge is 0.394 e. The molecule has 0 heterocycles. The lowest BCUT2D eigenvalue weighted by Crippen LogP contribution is -2.42. The Morgan fingerprint density at radius 1 is 1.47 bits per heavy atom. The van der Waals surface area contributed by atoms with Crippen molar-refractivity contribution >= 4 is 11.4 Å². The number of anilines is 1. The van der Waals surface area contributed by atoms with E-state index in [0.717, 1.165) is 12.1 Å². The van der Waals surface area contributed by atoms with Crippen LogP contribution in [0.5, 0.6) is 0 Å². The molecule has 0 fully saturated rings. The molecule has 3 N–H and O–H groups in total. The van der Waals surface area contributed by atoms with Crippen molar-refractivity contribution in [3.8, 4) is 0 Å². The molecule has 0 unspecified atom stereocenters. The molecule has 94 valence electrons. The fourth-order valence-corrected chi connectivity index (χ4v) is 1.22. The zero-order valence-electron chi connectivity index (χ0n) is 9.18. The summed E-state index contributed by atoms with van der Waals surface area (Å²) in [6.45, 7) is 0.649. The summed E-state index contributed by atoms with van der Waals surface area (Å²) in [4.78, 5) is 9.97. The molecule has 7 heteroatoms. The van der Waals surface area contributed by atoms with E-state index < -0.39 is 35.2 Å². The van der Waals surface area contributed by atoms with Crippen molar-refractivity contribution in [3.05, 3.63) is 34.1 Å². The molecule has 0 saturated heterocycles. The molecule has 0 amide bonds. The molecule has 0 aliphatic heterocycles. The smallest absolute Gasteiger partial charge is 0.295 e. The van der Waals surface area contributed by atoms with Gasteiger partial charge in [-0.25, -0.2) is 4.39 Å². The van der Waals surface area contributed by atoms with E-state index in [1.807, 2.05) is 0 Å². The van der Waals surface area contributed by atoms with Crippen molar-refractivity contribution in [2.24, 2.45) is 0 Å². The van der Waals surface area contributed by atoms with Crippen LogP contribution < -0.4 is 5.32 Å². The minimum Gasteiger partial charge on any atom is -0.394 e. The van der Waals surface area contributed by atoms with Crippen molar-refractivity contribution in [1.29, 1.82) is 0 Å². The van der Waals surface area contributed by atoms with Crippen LogP contribution in [0.4, 0.5) is 15.8 Å². The van der Waals surface area contributed by atoms with Gasteiger partial charge in [-0.15, -0.1) is 0 Å². The Hall–Kier alpha value is -1.73. The molecule has 0 aliphatic carbocycles. The van der Waals surface area contributed by atoms with Gasteiger partial charge < -0.3 is 15.5 Å². The van der Waals surface area contributed by atoms with Crippen LogP contribution in [0.25, 0.3) is 0 Å². The Bertz CT molecular complexity index is 421. The van der Waals surface area contributed by atoms with Crippen LogP contribution in [0.15, 0.2) is 18.2 Å². The maximum atomic E-state index is 12.9. The molecule has 6 nitrogen and oxygen atoms in total. The van der Waals surface area contributed by atoms with Gasteiger partial charge in [0.05, 0.1) is 29.7 Å². The number of nitro groups is 1. The van der Waals surface area contributed by atoms with E-state index in [1.54, 1.807) is 0 Å². The SMILES string of the molecule is CC(CO)(CO)Nc1ccc(F)cc1[N+](=O)[O-]. The fraction of sp³-hybridized carbons (Fsp3) is 0.400. The van der Waals surface area contributed by atoms with Gasteiger partial charge >= 0.3 is 0 Å². The fourth-order valence-electron chi connectivity index (χ4n) is 1.22. The van der Waals surface area contributed by atoms with Gasteiger partial charge in [0, 0.05) is 0 Å². The molecule has 0 bridgehead atoms. The number of halogens is 1. The third-order valence-corrected chi connectivity index (χ3v) is 2.29. The first-order chi connectivity index (χ1) is 7.91. The molecule has 0 saturated carbocycles. The van der Waals surface area contributed by atoms with Crippen molar-refractivity contribution in [1.82, 2.24) is 0 Å². The summed E-state index contributed by atoms with van der Waals surface area (Å²) in [5.41, 5.74) is -1.51. The quantitative estimate of drug-likeness (QED) is 0.528. The van der Waals surface area contributed by atoms with Gasteiger partial charge in [0.15, 0.2) is 0 Å². The highest BCUT2D eigenvalue weighted by molar-refractivity contribution is 5.62. The molecule has 1 aromatic carbocycles. The zero-order chi connectivity index (χ0) is 13.1. The second-order valence-electron chi connectivity index (χ2n) is 3.92. The van der Waals surface area contributed by atoms with Crippen molar-refractivity contribution in [2.45, 2.75) is 12.5 Å². The van der Waals surface area contributed by atoms with Crippen LogP contribution in [0, 0.1) is 15.9 Å². The van der Waals surface area contributed by atoms with Crippen LogP contribution in [0.2, 0.25) is 0 Å². The van der Waals surface area contributed by atoms with Gasteiger partial charge in [-0.3, -0.25) is 10.1 Å². The van der Waals surface area contributed by atoms with Crippen molar-refractivity contribution in [3.63, 3.8) is 0 Å². The maximum absolute atomic E-state index is 12.9. The highest BCUT2D eigenvalue weighted by Gasteiger charge is 2.26. The van der Waals surface area contributed by atoms with E-state index in [-0.39, 0.29) is 5.69 Å². The molecule has 0 aromatic heterocycles. The van der Waals surface area contributed by atoms with Gasteiger partial charge in [0.1, 0.15) is 11.5 Å². The van der Waals surface area contributed by atoms with Crippen LogP contribution >= 0.6 is 0 Å². The number of hydrogen-bond acceptors (Lipinski definition) is 5. The van der Waals surface area contributed by atoms with Gasteiger partial charge in [0.25, 0.3) is 5.69 Å². The molecule has 0 atom stereocenters. The van der Waals surface area contributed by atoms with Crippen LogP contribution in [-0.4, -0.2) is 33.9 Å². The van der Waals surface area contributed by atoms with E-state index in [0.29, 0.717) is 0 Å². The Kier molecular flexibility index (Phi) is 3.97. The highest BCUT2D eigenvalue weighted by Crippen LogP contribution is 2.27. The average molecular weight is 244 g/mol. The van der Waals surface area contributed by atoms with Gasteiger partial charge in [-0.2, -0.15) is 0 Å². The molecule has 17 heavy (non-hydrogen) atoms. The first-order valence-electron chi connectivity index (χ1n) is 4.86. The summed E-state index contributed by atoms with van der Waals surface area (Å²) < 4.78 is 12.9. The second-order valence-corrected chi connectivity index (χ2v) is 3.92. The predicted molar refractivity (Wildman–Crippen MR) is 59.3 cm³/mol. The van der Waals surface area contributed by atoms with Gasteiger partial charge in [-0.1, -0.05) is 0 Å². The number of hydrogen-bond donors (Lipinski definition) is 3. The Morgan fingerprint density at radius 2 is 2.06 bits per heavy atom. The second kappa shape index (κ2) is 5.07. The summed E-state index contributed by atoms with van der Waals surface area (Å²) in [5.74, 6) is -0.725. The number of nitrogens with zero attached hydrogens (tertiary/aromatic N) is 1. The van der Waals surface area contributed by atoms with Gasteiger partial charge in [0.2, 0.25) is 0 Å². The third-order valence-electron chi connectivity index (χ3n) is 2.29. The van der Waals surface area contributed by atoms with E-state index >= 15 is 0 Å². The first-order valence-corrected chi connectivity index (χ1v) is 4.86. The molecular weight excluding hydrogens is 231 g/mol. The molecule has 0 spiro atoms. The van der Waals surface area contributed by atoms with Gasteiger partial charge in [-0.05, 0) is 19.1 Å². The third kappa shape index (κ3) is 3.11. The van der Waals surface area contributed by atoms with Crippen molar-refractivity contribution in [2.75, 3.05) is 18.5 Å². The van der Waals surface area contributed by atoms with Crippen molar-refractivity contribution < 1.29 is 19.5 Å². The first kappa shape index (κ1) is 13.3. The number of nitrogens with one attached hydrogen (secondary N) is 1. The monoisotopic (exact) mass is 244 g/mol. The summed E-state index contributed by atoms with van der Waals surface area (Å²) in [6.07, 6.45) is 0. The Morgan fingerprint density at radius 3 is 2.53 bits per heavy atom. The lowest BCUT2D eigenvalue weighted by molar-refractivity contribution is -0.384. The minimum absolute atomic E-state index is 0.0435. The zero-order valence-corrected chi connectivity index (χ0v) is 9.18. The Balaban J connectivity index is 3.10. The van der Waals surface area contributed by atoms with Crippen LogP contribution in [-0.2, 0) is 0 Å². The summed E-state index contributed by atoms with van der Waals surface area (Å²) in [5, 5.41) is 31.5. The Labute approximate surface area is 96.8 Å². The van der Waals surface area contributed by atoms with E-state index in [9.17, 15) is 14.5 Å². The molecule has 1 rings (SSSR count). The molecule has 1 aromatic rings. The highest BCUT2D eigenvalue weighted by atomic mass is 19.1. The average Bonchev–Trinajstić information content (AvgIpc) is 2.31. The number of nitro benzene ring substituents is 1. The van der Waals surface area contributed by atoms with Crippen LogP contribution in [0.3, 0.4) is 0 Å². The summed E-state index contributed by atoms with van der Waals surface area (Å²) in [7, 11) is 0. The lowest BCUT2D eigenvalue weighted by Gasteiger charge is -2.27. The van der Waals surface area contributed by atoms with E-state index in [1.165, 1.54) is 13.0 Å². The molecule has 0 aliphatic rings. The topological polar surface area (TPSA) is 95.6 Å². The number of benzene rings is 1. The maximum Gasteiger partial charge on any atom is 0.295 e. The summed E-state index contributed by atoms with van der Waals surface area (Å²) >= 11 is 0. The molecular formula is C10H13FN2O4. The standard InChI is InChI=1S/C10H13FN2O4/c1-10(5-14,6-15)12-8-3-2-7(11)4-9(8)13(16)17/h2-4,12,14-15H,5-6H2,1H3. The minimum atomic E-state index is -1.11. The molecule has 0 radical (unpaired) electrons. The van der Waals surface area contributed by atoms with Crippen LogP contribution in [0.1, 0.15) is 6.92 Å². The number of aliphatic hydroxyl groups excluding tert-OH is 2. The summed E-state index contributed by atoms with van der Waals surface area (Å²) in [6, 6.07) is 3.03. The van der Waals surface area contributed by atoms with E-state index in [2.05, 4.69) is 5.32 Å². The lowest BCUT2D eigenvalue weighted by atomic mass is 10.0. The number of aliphatic hydroxyl groups is 2. The number of rotatable bonds is 5. The normalized spacial score (nSPS) is 11.3. The van der Waals surface area contributed by atoms with E-state index in [4.69, 9.17) is 10.2 Å². The predicted octanol–water partition coefficient (Wildman–Crippen LogP) is 0.889.